The van der Waals surface area contributed by atoms with E-state index in [9.17, 15) is 14.4 Å². The topological polar surface area (TPSA) is 78.5 Å². The highest BCUT2D eigenvalue weighted by Gasteiger charge is 2.14. The van der Waals surface area contributed by atoms with Crippen LogP contribution in [0.4, 0.5) is 0 Å². The fraction of sp³-hybridized carbons (Fsp3) is 0.769. The summed E-state index contributed by atoms with van der Waals surface area (Å²) in [7, 11) is 1.84. The van der Waals surface area contributed by atoms with Gasteiger partial charge in [-0.1, -0.05) is 0 Å². The number of carbonyl (C=O) groups is 3. The van der Waals surface area contributed by atoms with Crippen LogP contribution >= 0.6 is 0 Å². The first-order valence-electron chi connectivity index (χ1n) is 6.82. The lowest BCUT2D eigenvalue weighted by molar-refractivity contribution is -0.126. The van der Waals surface area contributed by atoms with E-state index in [4.69, 9.17) is 0 Å². The van der Waals surface area contributed by atoms with E-state index < -0.39 is 0 Å². The van der Waals surface area contributed by atoms with Gasteiger partial charge in [-0.15, -0.1) is 0 Å². The number of rotatable bonds is 0. The molecule has 0 spiro atoms. The predicted octanol–water partition coefficient (Wildman–Crippen LogP) is -0.316. The van der Waals surface area contributed by atoms with Crippen LogP contribution in [-0.2, 0) is 14.4 Å². The molecule has 3 rings (SSSR count). The summed E-state index contributed by atoms with van der Waals surface area (Å²) < 4.78 is 0. The molecule has 108 valence electrons. The van der Waals surface area contributed by atoms with E-state index in [2.05, 4.69) is 10.6 Å². The van der Waals surface area contributed by atoms with Crippen LogP contribution in [0.3, 0.4) is 0 Å². The molecule has 3 saturated heterocycles. The zero-order valence-electron chi connectivity index (χ0n) is 11.5. The first kappa shape index (κ1) is 15.6. The average molecular weight is 269 g/mol. The Morgan fingerprint density at radius 1 is 1.00 bits per heavy atom. The molecule has 19 heavy (non-hydrogen) atoms. The lowest BCUT2D eigenvalue weighted by Crippen LogP contribution is -2.17. The van der Waals surface area contributed by atoms with Gasteiger partial charge in [0.05, 0.1) is 6.54 Å². The van der Waals surface area contributed by atoms with E-state index in [1.165, 1.54) is 0 Å². The number of hydrogen-bond acceptors (Lipinski definition) is 4. The standard InChI is InChI=1S/C5H9NO.2C4H7NO/c1-6-4-2-3-5(6)7;6-4-1-2-5-3-4;6-4-2-1-3-5-4/h2-4H2,1H3;5H,1-3H2;1-3H2,(H,5,6). The van der Waals surface area contributed by atoms with E-state index in [1.54, 1.807) is 4.90 Å². The molecule has 0 aromatic carbocycles. The maximum atomic E-state index is 10.5. The van der Waals surface area contributed by atoms with Crippen molar-refractivity contribution in [3.8, 4) is 0 Å². The van der Waals surface area contributed by atoms with E-state index in [1.807, 2.05) is 7.05 Å². The third-order valence-electron chi connectivity index (χ3n) is 3.12. The van der Waals surface area contributed by atoms with Crippen LogP contribution in [0.25, 0.3) is 0 Å². The summed E-state index contributed by atoms with van der Waals surface area (Å²) in [5.41, 5.74) is 0. The number of hydrogen-bond donors (Lipinski definition) is 2. The van der Waals surface area contributed by atoms with Crippen molar-refractivity contribution in [2.45, 2.75) is 32.1 Å². The number of nitrogens with one attached hydrogen (secondary N) is 2. The van der Waals surface area contributed by atoms with E-state index in [0.717, 1.165) is 51.7 Å². The second-order valence-corrected chi connectivity index (χ2v) is 4.84. The highest BCUT2D eigenvalue weighted by molar-refractivity contribution is 5.82. The Hall–Kier alpha value is -1.43. The van der Waals surface area contributed by atoms with Gasteiger partial charge in [0.25, 0.3) is 0 Å². The quantitative estimate of drug-likeness (QED) is 0.632. The zero-order valence-corrected chi connectivity index (χ0v) is 11.5. The van der Waals surface area contributed by atoms with Crippen molar-refractivity contribution in [1.29, 1.82) is 0 Å². The molecular formula is C13H23N3O3. The van der Waals surface area contributed by atoms with Gasteiger partial charge in [0.2, 0.25) is 11.8 Å². The first-order valence-corrected chi connectivity index (χ1v) is 6.82. The third-order valence-corrected chi connectivity index (χ3v) is 3.12. The lowest BCUT2D eigenvalue weighted by Gasteiger charge is -2.03. The Labute approximate surface area is 113 Å². The Balaban J connectivity index is 0.000000143. The molecule has 0 aromatic rings. The Bertz CT molecular complexity index is 295. The highest BCUT2D eigenvalue weighted by Crippen LogP contribution is 2.04. The Kier molecular flexibility index (Phi) is 7.10. The smallest absolute Gasteiger partial charge is 0.222 e. The van der Waals surface area contributed by atoms with Crippen molar-refractivity contribution >= 4 is 17.6 Å². The van der Waals surface area contributed by atoms with Gasteiger partial charge in [-0.25, -0.2) is 0 Å². The summed E-state index contributed by atoms with van der Waals surface area (Å²) in [6.07, 6.45) is 4.31. The van der Waals surface area contributed by atoms with Crippen LogP contribution in [0.5, 0.6) is 0 Å². The molecule has 0 radical (unpaired) electrons. The van der Waals surface area contributed by atoms with E-state index in [0.29, 0.717) is 18.2 Å². The summed E-state index contributed by atoms with van der Waals surface area (Å²) in [6, 6.07) is 0. The minimum Gasteiger partial charge on any atom is -0.356 e. The Morgan fingerprint density at radius 2 is 1.79 bits per heavy atom. The predicted molar refractivity (Wildman–Crippen MR) is 71.6 cm³/mol. The SMILES string of the molecule is CN1CCCC1=O.O=C1CCCN1.O=C1CCNC1. The molecule has 0 unspecified atom stereocenters. The monoisotopic (exact) mass is 269 g/mol. The summed E-state index contributed by atoms with van der Waals surface area (Å²) >= 11 is 0. The molecule has 0 atom stereocenters. The van der Waals surface area contributed by atoms with Gasteiger partial charge >= 0.3 is 0 Å². The van der Waals surface area contributed by atoms with Gasteiger partial charge in [-0.05, 0) is 12.8 Å². The zero-order chi connectivity index (χ0) is 14.1. The molecule has 3 heterocycles. The fourth-order valence-corrected chi connectivity index (χ4v) is 1.89. The van der Waals surface area contributed by atoms with Crippen LogP contribution < -0.4 is 10.6 Å². The molecule has 2 amide bonds. The first-order chi connectivity index (χ1) is 9.09. The maximum Gasteiger partial charge on any atom is 0.222 e. The number of nitrogens with zero attached hydrogens (tertiary/aromatic N) is 1. The molecule has 0 bridgehead atoms. The maximum absolute atomic E-state index is 10.5. The second kappa shape index (κ2) is 8.63. The summed E-state index contributed by atoms with van der Waals surface area (Å²) in [6.45, 7) is 3.33. The number of likely N-dealkylation sites (tertiary alicyclic amines) is 1. The molecule has 6 nitrogen and oxygen atoms in total. The molecular weight excluding hydrogens is 246 g/mol. The van der Waals surface area contributed by atoms with Crippen molar-refractivity contribution in [2.24, 2.45) is 0 Å². The number of Topliss-reactive ketones (excluding diaryl/α,β-unsaturated/α-hetero) is 1. The fourth-order valence-electron chi connectivity index (χ4n) is 1.89. The van der Waals surface area contributed by atoms with Gasteiger partial charge < -0.3 is 15.5 Å². The molecule has 3 aliphatic rings. The second-order valence-electron chi connectivity index (χ2n) is 4.84. The highest BCUT2D eigenvalue weighted by atomic mass is 16.2. The van der Waals surface area contributed by atoms with Gasteiger partial charge in [-0.2, -0.15) is 0 Å². The van der Waals surface area contributed by atoms with E-state index >= 15 is 0 Å². The minimum atomic E-state index is 0.204. The van der Waals surface area contributed by atoms with Gasteiger partial charge in [0, 0.05) is 45.9 Å². The summed E-state index contributed by atoms with van der Waals surface area (Å²) in [5.74, 6) is 0.838. The van der Waals surface area contributed by atoms with Crippen molar-refractivity contribution in [2.75, 3.05) is 33.2 Å². The van der Waals surface area contributed by atoms with Crippen LogP contribution in [0.1, 0.15) is 32.1 Å². The largest absolute Gasteiger partial charge is 0.356 e. The van der Waals surface area contributed by atoms with Crippen LogP contribution in [-0.4, -0.2) is 55.7 Å². The van der Waals surface area contributed by atoms with Crippen LogP contribution in [0.15, 0.2) is 0 Å². The third kappa shape index (κ3) is 6.91. The molecule has 2 N–H and O–H groups in total. The number of ketones is 1. The van der Waals surface area contributed by atoms with Crippen LogP contribution in [0, 0.1) is 0 Å². The molecule has 0 saturated carbocycles. The average Bonchev–Trinajstić information content (AvgIpc) is 3.09. The van der Waals surface area contributed by atoms with Crippen molar-refractivity contribution in [1.82, 2.24) is 15.5 Å². The normalized spacial score (nSPS) is 21.5. The Morgan fingerprint density at radius 3 is 1.95 bits per heavy atom. The van der Waals surface area contributed by atoms with Crippen LogP contribution in [0.2, 0.25) is 0 Å². The number of carbonyl (C=O) groups excluding carboxylic acids is 3. The lowest BCUT2D eigenvalue weighted by atomic mass is 10.4. The summed E-state index contributed by atoms with van der Waals surface area (Å²) in [4.78, 5) is 32.6. The van der Waals surface area contributed by atoms with Gasteiger partial charge in [0.1, 0.15) is 5.78 Å². The molecule has 3 aliphatic heterocycles. The molecule has 6 heteroatoms. The van der Waals surface area contributed by atoms with E-state index in [-0.39, 0.29) is 5.91 Å². The van der Waals surface area contributed by atoms with Gasteiger partial charge in [-0.3, -0.25) is 14.4 Å². The van der Waals surface area contributed by atoms with Crippen molar-refractivity contribution in [3.05, 3.63) is 0 Å². The van der Waals surface area contributed by atoms with Gasteiger partial charge in [0.15, 0.2) is 0 Å². The summed E-state index contributed by atoms with van der Waals surface area (Å²) in [5, 5.41) is 5.60. The minimum absolute atomic E-state index is 0.204. The van der Waals surface area contributed by atoms with Crippen molar-refractivity contribution < 1.29 is 14.4 Å². The molecule has 0 aromatic heterocycles. The number of amides is 2. The molecule has 3 fully saturated rings. The van der Waals surface area contributed by atoms with Crippen molar-refractivity contribution in [3.63, 3.8) is 0 Å². The molecule has 0 aliphatic carbocycles.